The lowest BCUT2D eigenvalue weighted by molar-refractivity contribution is 0.0943. The average molecular weight is 364 g/mol. The van der Waals surface area contributed by atoms with Gasteiger partial charge < -0.3 is 10.1 Å². The van der Waals surface area contributed by atoms with Gasteiger partial charge in [-0.25, -0.2) is 9.50 Å². The minimum absolute atomic E-state index is 0.0907. The Kier molecular flexibility index (Phi) is 4.56. The fourth-order valence-electron chi connectivity index (χ4n) is 4.28. The van der Waals surface area contributed by atoms with E-state index in [0.29, 0.717) is 23.4 Å². The van der Waals surface area contributed by atoms with Gasteiger partial charge in [-0.05, 0) is 31.9 Å². The molecule has 0 spiro atoms. The van der Waals surface area contributed by atoms with Crippen molar-refractivity contribution in [2.24, 2.45) is 0 Å². The maximum atomic E-state index is 13.0. The summed E-state index contributed by atoms with van der Waals surface area (Å²) in [5.74, 6) is 0.768. The molecule has 2 aromatic heterocycles. The topological polar surface area (TPSA) is 68.5 Å². The zero-order valence-electron chi connectivity index (χ0n) is 15.7. The van der Waals surface area contributed by atoms with Crippen molar-refractivity contribution in [3.8, 4) is 5.75 Å². The zero-order chi connectivity index (χ0) is 18.9. The number of methoxy groups -OCH3 is 1. The number of nitrogens with zero attached hydrogens (tertiary/aromatic N) is 3. The van der Waals surface area contributed by atoms with Crippen molar-refractivity contribution < 1.29 is 9.53 Å². The Hall–Kier alpha value is -2.89. The number of ether oxygens (including phenoxy) is 1. The highest BCUT2D eigenvalue weighted by atomic mass is 16.5. The second-order valence-electron chi connectivity index (χ2n) is 7.22. The lowest BCUT2D eigenvalue weighted by atomic mass is 9.78. The van der Waals surface area contributed by atoms with Gasteiger partial charge in [0, 0.05) is 29.9 Å². The molecule has 1 aliphatic carbocycles. The Morgan fingerprint density at radius 1 is 1.26 bits per heavy atom. The van der Waals surface area contributed by atoms with Gasteiger partial charge in [0.15, 0.2) is 5.65 Å². The SMILES string of the molecule is COc1ccccc1C1(CNC(=O)c2c(C)nn3cccnc23)CCCC1. The molecule has 0 saturated heterocycles. The first-order valence-corrected chi connectivity index (χ1v) is 9.36. The maximum Gasteiger partial charge on any atom is 0.257 e. The van der Waals surface area contributed by atoms with Crippen LogP contribution in [0.4, 0.5) is 0 Å². The van der Waals surface area contributed by atoms with Gasteiger partial charge in [0.1, 0.15) is 11.3 Å². The lowest BCUT2D eigenvalue weighted by Crippen LogP contribution is -2.39. The van der Waals surface area contributed by atoms with Gasteiger partial charge >= 0.3 is 0 Å². The quantitative estimate of drug-likeness (QED) is 0.754. The first kappa shape index (κ1) is 17.5. The third-order valence-corrected chi connectivity index (χ3v) is 5.62. The number of carbonyl (C=O) groups is 1. The Bertz CT molecular complexity index is 973. The van der Waals surface area contributed by atoms with Crippen LogP contribution in [0.1, 0.15) is 47.3 Å². The van der Waals surface area contributed by atoms with Crippen LogP contribution in [0.5, 0.6) is 5.75 Å². The van der Waals surface area contributed by atoms with Crippen LogP contribution in [0.25, 0.3) is 5.65 Å². The summed E-state index contributed by atoms with van der Waals surface area (Å²) >= 11 is 0. The highest BCUT2D eigenvalue weighted by molar-refractivity contribution is 6.01. The number of rotatable bonds is 5. The van der Waals surface area contributed by atoms with Gasteiger partial charge in [-0.2, -0.15) is 5.10 Å². The van der Waals surface area contributed by atoms with Crippen LogP contribution in [-0.2, 0) is 5.41 Å². The van der Waals surface area contributed by atoms with E-state index in [4.69, 9.17) is 4.74 Å². The number of para-hydroxylation sites is 1. The molecule has 1 aromatic carbocycles. The summed E-state index contributed by atoms with van der Waals surface area (Å²) in [6.07, 6.45) is 7.88. The summed E-state index contributed by atoms with van der Waals surface area (Å²) in [5, 5.41) is 7.55. The molecule has 4 rings (SSSR count). The number of aromatic nitrogens is 3. The molecular weight excluding hydrogens is 340 g/mol. The number of benzene rings is 1. The number of hydrogen-bond acceptors (Lipinski definition) is 4. The molecule has 1 N–H and O–H groups in total. The minimum atomic E-state index is -0.123. The van der Waals surface area contributed by atoms with Crippen molar-refractivity contribution in [2.75, 3.05) is 13.7 Å². The van der Waals surface area contributed by atoms with E-state index in [9.17, 15) is 4.79 Å². The van der Waals surface area contributed by atoms with E-state index < -0.39 is 0 Å². The van der Waals surface area contributed by atoms with Crippen LogP contribution in [0, 0.1) is 6.92 Å². The highest BCUT2D eigenvalue weighted by Gasteiger charge is 2.38. The summed E-state index contributed by atoms with van der Waals surface area (Å²) in [6.45, 7) is 2.42. The van der Waals surface area contributed by atoms with Crippen LogP contribution in [-0.4, -0.2) is 34.2 Å². The summed E-state index contributed by atoms with van der Waals surface area (Å²) in [5.41, 5.74) is 2.91. The highest BCUT2D eigenvalue weighted by Crippen LogP contribution is 2.44. The molecule has 140 valence electrons. The zero-order valence-corrected chi connectivity index (χ0v) is 15.7. The fraction of sp³-hybridized carbons (Fsp3) is 0.381. The third kappa shape index (κ3) is 3.05. The van der Waals surface area contributed by atoms with Crippen LogP contribution in [0.2, 0.25) is 0 Å². The molecule has 6 heteroatoms. The van der Waals surface area contributed by atoms with E-state index in [-0.39, 0.29) is 11.3 Å². The standard InChI is InChI=1S/C21H24N4O2/c1-15-18(19-22-12-7-13-25(19)24-15)20(26)23-14-21(10-5-6-11-21)16-8-3-4-9-17(16)27-2/h3-4,7-9,12-13H,5-6,10-11,14H2,1-2H3,(H,23,26). The van der Waals surface area contributed by atoms with Gasteiger partial charge in [-0.15, -0.1) is 0 Å². The first-order valence-electron chi connectivity index (χ1n) is 9.36. The molecular formula is C21H24N4O2. The molecule has 6 nitrogen and oxygen atoms in total. The van der Waals surface area contributed by atoms with E-state index in [1.807, 2.05) is 25.1 Å². The molecule has 0 bridgehead atoms. The lowest BCUT2D eigenvalue weighted by Gasteiger charge is -2.31. The summed E-state index contributed by atoms with van der Waals surface area (Å²) in [7, 11) is 1.70. The molecule has 0 unspecified atom stereocenters. The van der Waals surface area contributed by atoms with Crippen molar-refractivity contribution in [1.29, 1.82) is 0 Å². The maximum absolute atomic E-state index is 13.0. The Morgan fingerprint density at radius 3 is 2.81 bits per heavy atom. The van der Waals surface area contributed by atoms with Gasteiger partial charge in [-0.3, -0.25) is 4.79 Å². The fourth-order valence-corrected chi connectivity index (χ4v) is 4.28. The van der Waals surface area contributed by atoms with Crippen molar-refractivity contribution in [2.45, 2.75) is 38.0 Å². The van der Waals surface area contributed by atoms with Crippen molar-refractivity contribution in [3.05, 3.63) is 59.5 Å². The van der Waals surface area contributed by atoms with E-state index >= 15 is 0 Å². The predicted octanol–water partition coefficient (Wildman–Crippen LogP) is 3.29. The largest absolute Gasteiger partial charge is 0.496 e. The van der Waals surface area contributed by atoms with Crippen LogP contribution in [0.3, 0.4) is 0 Å². The monoisotopic (exact) mass is 364 g/mol. The second kappa shape index (κ2) is 7.02. The molecule has 0 aliphatic heterocycles. The number of fused-ring (bicyclic) bond motifs is 1. The summed E-state index contributed by atoms with van der Waals surface area (Å²) < 4.78 is 7.25. The van der Waals surface area contributed by atoms with Gasteiger partial charge in [0.2, 0.25) is 0 Å². The summed E-state index contributed by atoms with van der Waals surface area (Å²) in [4.78, 5) is 17.3. The number of amides is 1. The number of hydrogen-bond donors (Lipinski definition) is 1. The molecule has 0 radical (unpaired) electrons. The average Bonchev–Trinajstić information content (AvgIpc) is 3.30. The van der Waals surface area contributed by atoms with Gasteiger partial charge in [0.05, 0.1) is 12.8 Å². The Balaban J connectivity index is 1.62. The van der Waals surface area contributed by atoms with Crippen LogP contribution in [0.15, 0.2) is 42.7 Å². The Labute approximate surface area is 158 Å². The smallest absolute Gasteiger partial charge is 0.257 e. The van der Waals surface area contributed by atoms with E-state index in [1.54, 1.807) is 30.1 Å². The predicted molar refractivity (Wildman–Crippen MR) is 103 cm³/mol. The first-order chi connectivity index (χ1) is 13.1. The Morgan fingerprint density at radius 2 is 2.04 bits per heavy atom. The molecule has 1 saturated carbocycles. The molecule has 1 amide bonds. The van der Waals surface area contributed by atoms with Crippen LogP contribution >= 0.6 is 0 Å². The number of carbonyl (C=O) groups excluding carboxylic acids is 1. The third-order valence-electron chi connectivity index (χ3n) is 5.62. The van der Waals surface area contributed by atoms with Gasteiger partial charge in [0.25, 0.3) is 5.91 Å². The van der Waals surface area contributed by atoms with Crippen molar-refractivity contribution >= 4 is 11.6 Å². The molecule has 2 heterocycles. The number of nitrogens with one attached hydrogen (secondary N) is 1. The van der Waals surface area contributed by atoms with E-state index in [2.05, 4.69) is 21.5 Å². The normalized spacial score (nSPS) is 15.8. The molecule has 27 heavy (non-hydrogen) atoms. The van der Waals surface area contributed by atoms with Crippen LogP contribution < -0.4 is 10.1 Å². The second-order valence-corrected chi connectivity index (χ2v) is 7.22. The molecule has 1 aliphatic rings. The number of aryl methyl sites for hydroxylation is 1. The molecule has 0 atom stereocenters. The minimum Gasteiger partial charge on any atom is -0.496 e. The summed E-state index contributed by atoms with van der Waals surface area (Å²) in [6, 6.07) is 9.95. The van der Waals surface area contributed by atoms with Crippen molar-refractivity contribution in [1.82, 2.24) is 19.9 Å². The van der Waals surface area contributed by atoms with Crippen molar-refractivity contribution in [3.63, 3.8) is 0 Å². The molecule has 3 aromatic rings. The van der Waals surface area contributed by atoms with E-state index in [0.717, 1.165) is 31.4 Å². The molecule has 1 fully saturated rings. The van der Waals surface area contributed by atoms with E-state index in [1.165, 1.54) is 5.56 Å². The van der Waals surface area contributed by atoms with Gasteiger partial charge in [-0.1, -0.05) is 31.0 Å².